The molecule has 2 N–H and O–H groups in total. The standard InChI is InChI=1S/C16H31NO5.2C2H6/c1-14(2,3)22-13(20)17-9-16(6,7)11-21-10-15(4,5)8-12(18)19;2*1-2/h8-11H2,1-7H3,(H,17,20)(H,18,19);2*1-2H3. The third-order valence-electron chi connectivity index (χ3n) is 2.73. The van der Waals surface area contributed by atoms with Gasteiger partial charge >= 0.3 is 12.1 Å². The van der Waals surface area contributed by atoms with Crippen LogP contribution < -0.4 is 5.32 Å². The number of carboxylic acids is 1. The Hall–Kier alpha value is -1.30. The lowest BCUT2D eigenvalue weighted by Gasteiger charge is -2.29. The number of nitrogens with one attached hydrogen (secondary N) is 1. The molecule has 0 heterocycles. The first kappa shape index (κ1) is 29.5. The largest absolute Gasteiger partial charge is 0.481 e. The number of rotatable bonds is 8. The summed E-state index contributed by atoms with van der Waals surface area (Å²) in [5, 5.41) is 11.6. The number of carbonyl (C=O) groups excluding carboxylic acids is 1. The fourth-order valence-electron chi connectivity index (χ4n) is 1.74. The van der Waals surface area contributed by atoms with E-state index < -0.39 is 23.1 Å². The van der Waals surface area contributed by atoms with E-state index in [9.17, 15) is 9.59 Å². The second kappa shape index (κ2) is 13.8. The van der Waals surface area contributed by atoms with E-state index in [4.69, 9.17) is 14.6 Å². The molecule has 26 heavy (non-hydrogen) atoms. The number of hydrogen-bond acceptors (Lipinski definition) is 4. The molecule has 0 spiro atoms. The second-order valence-corrected chi connectivity index (χ2v) is 8.25. The normalized spacial score (nSPS) is 11.3. The van der Waals surface area contributed by atoms with Crippen molar-refractivity contribution < 1.29 is 24.2 Å². The Morgan fingerprint density at radius 3 is 1.65 bits per heavy atom. The van der Waals surface area contributed by atoms with Crippen molar-refractivity contribution in [2.24, 2.45) is 10.8 Å². The maximum atomic E-state index is 11.6. The van der Waals surface area contributed by atoms with Gasteiger partial charge in [0.05, 0.1) is 19.6 Å². The molecule has 0 fully saturated rings. The minimum atomic E-state index is -0.834. The Kier molecular flexibility index (Phi) is 15.7. The van der Waals surface area contributed by atoms with Gasteiger partial charge in [0.15, 0.2) is 0 Å². The predicted octanol–water partition coefficient (Wildman–Crippen LogP) is 5.11. The van der Waals surface area contributed by atoms with Gasteiger partial charge in [0.25, 0.3) is 0 Å². The molecule has 1 amide bonds. The van der Waals surface area contributed by atoms with Gasteiger partial charge in [-0.1, -0.05) is 55.4 Å². The fourth-order valence-corrected chi connectivity index (χ4v) is 1.74. The average Bonchev–Trinajstić information content (AvgIpc) is 2.46. The summed E-state index contributed by atoms with van der Waals surface area (Å²) in [6, 6.07) is 0. The molecule has 0 rings (SSSR count). The van der Waals surface area contributed by atoms with Gasteiger partial charge < -0.3 is 19.9 Å². The summed E-state index contributed by atoms with van der Waals surface area (Å²) in [5.74, 6) is -0.834. The van der Waals surface area contributed by atoms with Gasteiger partial charge in [-0.3, -0.25) is 4.79 Å². The minimum Gasteiger partial charge on any atom is -0.481 e. The van der Waals surface area contributed by atoms with Gasteiger partial charge in [0, 0.05) is 12.0 Å². The topological polar surface area (TPSA) is 84.9 Å². The molecular weight excluding hydrogens is 334 g/mol. The van der Waals surface area contributed by atoms with E-state index in [1.165, 1.54) is 0 Å². The van der Waals surface area contributed by atoms with E-state index in [1.54, 1.807) is 0 Å². The van der Waals surface area contributed by atoms with Crippen molar-refractivity contribution >= 4 is 12.1 Å². The van der Waals surface area contributed by atoms with Crippen molar-refractivity contribution in [1.82, 2.24) is 5.32 Å². The van der Waals surface area contributed by atoms with Crippen molar-refractivity contribution in [2.45, 2.75) is 88.2 Å². The number of amides is 1. The Morgan fingerprint density at radius 2 is 1.27 bits per heavy atom. The zero-order chi connectivity index (χ0) is 21.6. The molecule has 0 radical (unpaired) electrons. The molecule has 0 saturated heterocycles. The number of ether oxygens (including phenoxy) is 2. The van der Waals surface area contributed by atoms with Gasteiger partial charge in [-0.25, -0.2) is 4.79 Å². The quantitative estimate of drug-likeness (QED) is 0.614. The van der Waals surface area contributed by atoms with Crippen LogP contribution in [0.2, 0.25) is 0 Å². The van der Waals surface area contributed by atoms with Crippen molar-refractivity contribution in [3.8, 4) is 0 Å². The first-order valence-electron chi connectivity index (χ1n) is 9.49. The lowest BCUT2D eigenvalue weighted by atomic mass is 9.90. The van der Waals surface area contributed by atoms with Crippen LogP contribution in [0.5, 0.6) is 0 Å². The number of hydrogen-bond donors (Lipinski definition) is 2. The molecule has 6 nitrogen and oxygen atoms in total. The summed E-state index contributed by atoms with van der Waals surface area (Å²) in [6.07, 6.45) is -0.393. The van der Waals surface area contributed by atoms with Crippen LogP contribution in [0, 0.1) is 10.8 Å². The van der Waals surface area contributed by atoms with E-state index in [0.29, 0.717) is 19.8 Å². The molecule has 0 aliphatic heterocycles. The maximum Gasteiger partial charge on any atom is 0.407 e. The third kappa shape index (κ3) is 20.7. The van der Waals surface area contributed by atoms with E-state index in [0.717, 1.165) is 0 Å². The maximum absolute atomic E-state index is 11.6. The van der Waals surface area contributed by atoms with E-state index in [-0.39, 0.29) is 11.8 Å². The lowest BCUT2D eigenvalue weighted by Crippen LogP contribution is -2.40. The van der Waals surface area contributed by atoms with Gasteiger partial charge in [0.2, 0.25) is 0 Å². The Bertz CT molecular complexity index is 384. The lowest BCUT2D eigenvalue weighted by molar-refractivity contribution is -0.140. The highest BCUT2D eigenvalue weighted by atomic mass is 16.6. The average molecular weight is 378 g/mol. The second-order valence-electron chi connectivity index (χ2n) is 8.25. The van der Waals surface area contributed by atoms with Crippen LogP contribution in [0.25, 0.3) is 0 Å². The van der Waals surface area contributed by atoms with E-state index in [1.807, 2.05) is 76.2 Å². The summed E-state index contributed by atoms with van der Waals surface area (Å²) in [6.45, 7) is 22.3. The summed E-state index contributed by atoms with van der Waals surface area (Å²) in [7, 11) is 0. The molecule has 0 unspecified atom stereocenters. The molecule has 0 aliphatic carbocycles. The van der Waals surface area contributed by atoms with Crippen molar-refractivity contribution in [1.29, 1.82) is 0 Å². The predicted molar refractivity (Wildman–Crippen MR) is 108 cm³/mol. The Labute approximate surface area is 161 Å². The van der Waals surface area contributed by atoms with Crippen LogP contribution >= 0.6 is 0 Å². The zero-order valence-corrected chi connectivity index (χ0v) is 18.9. The monoisotopic (exact) mass is 377 g/mol. The minimum absolute atomic E-state index is 0.0591. The van der Waals surface area contributed by atoms with Crippen molar-refractivity contribution in [3.63, 3.8) is 0 Å². The van der Waals surface area contributed by atoms with Gasteiger partial charge in [0.1, 0.15) is 5.60 Å². The molecule has 0 aromatic rings. The van der Waals surface area contributed by atoms with Crippen molar-refractivity contribution in [3.05, 3.63) is 0 Å². The first-order chi connectivity index (χ1) is 11.7. The summed E-state index contributed by atoms with van der Waals surface area (Å²) in [5.41, 5.74) is -1.21. The first-order valence-corrected chi connectivity index (χ1v) is 9.49. The Morgan fingerprint density at radius 1 is 0.846 bits per heavy atom. The summed E-state index contributed by atoms with van der Waals surface area (Å²) < 4.78 is 10.8. The smallest absolute Gasteiger partial charge is 0.407 e. The van der Waals surface area contributed by atoms with Gasteiger partial charge in [-0.15, -0.1) is 0 Å². The molecule has 0 saturated carbocycles. The SMILES string of the molecule is CC.CC.CC(C)(CNC(=O)OC(C)(C)C)COCC(C)(C)CC(=O)O. The summed E-state index contributed by atoms with van der Waals surface area (Å²) in [4.78, 5) is 22.4. The molecular formula is C20H43NO5. The third-order valence-corrected chi connectivity index (χ3v) is 2.73. The van der Waals surface area contributed by atoms with Crippen LogP contribution in [-0.2, 0) is 14.3 Å². The number of aliphatic carboxylic acids is 1. The highest BCUT2D eigenvalue weighted by Crippen LogP contribution is 2.22. The van der Waals surface area contributed by atoms with Gasteiger partial charge in [-0.05, 0) is 26.2 Å². The molecule has 0 aromatic heterocycles. The van der Waals surface area contributed by atoms with Crippen LogP contribution in [0.15, 0.2) is 0 Å². The molecule has 0 aromatic carbocycles. The molecule has 6 heteroatoms. The Balaban J connectivity index is -0.00000123. The number of alkyl carbamates (subject to hydrolysis) is 1. The molecule has 0 aliphatic rings. The number of carboxylic acid groups (broad SMARTS) is 1. The number of carbonyl (C=O) groups is 2. The van der Waals surface area contributed by atoms with Gasteiger partial charge in [-0.2, -0.15) is 0 Å². The highest BCUT2D eigenvalue weighted by molar-refractivity contribution is 5.68. The summed E-state index contributed by atoms with van der Waals surface area (Å²) >= 11 is 0. The van der Waals surface area contributed by atoms with Crippen LogP contribution in [0.3, 0.4) is 0 Å². The molecule has 0 bridgehead atoms. The molecule has 0 atom stereocenters. The zero-order valence-electron chi connectivity index (χ0n) is 18.9. The molecule has 158 valence electrons. The highest BCUT2D eigenvalue weighted by Gasteiger charge is 2.25. The fraction of sp³-hybridized carbons (Fsp3) is 0.900. The van der Waals surface area contributed by atoms with E-state index in [2.05, 4.69) is 5.32 Å². The van der Waals surface area contributed by atoms with Crippen LogP contribution in [-0.4, -0.2) is 42.5 Å². The van der Waals surface area contributed by atoms with Crippen LogP contribution in [0.1, 0.15) is 82.6 Å². The van der Waals surface area contributed by atoms with Crippen molar-refractivity contribution in [2.75, 3.05) is 19.8 Å². The van der Waals surface area contributed by atoms with E-state index >= 15 is 0 Å². The van der Waals surface area contributed by atoms with Crippen LogP contribution in [0.4, 0.5) is 4.79 Å².